The van der Waals surface area contributed by atoms with Gasteiger partial charge in [0.25, 0.3) is 0 Å². The second-order valence-electron chi connectivity index (χ2n) is 4.47. The summed E-state index contributed by atoms with van der Waals surface area (Å²) in [6, 6.07) is 9.20. The van der Waals surface area contributed by atoms with E-state index in [0.717, 1.165) is 11.3 Å². The molecule has 0 aliphatic heterocycles. The minimum absolute atomic E-state index is 0.229. The van der Waals surface area contributed by atoms with E-state index in [9.17, 15) is 4.39 Å². The topological polar surface area (TPSA) is 25.4 Å². The van der Waals surface area contributed by atoms with E-state index in [1.165, 1.54) is 12.3 Å². The van der Waals surface area contributed by atoms with Crippen LogP contribution in [0.2, 0.25) is 0 Å². The van der Waals surface area contributed by atoms with Crippen molar-refractivity contribution in [1.82, 2.24) is 4.98 Å². The first-order valence-corrected chi connectivity index (χ1v) is 6.72. The molecule has 0 bridgehead atoms. The Morgan fingerprint density at radius 3 is 2.60 bits per heavy atom. The Bertz CT molecular complexity index is 575. The molecule has 2 rings (SSSR count). The van der Waals surface area contributed by atoms with Crippen LogP contribution in [0.5, 0.6) is 5.75 Å². The van der Waals surface area contributed by atoms with Crippen LogP contribution in [0, 0.1) is 5.82 Å². The van der Waals surface area contributed by atoms with Crippen molar-refractivity contribution in [2.24, 2.45) is 0 Å². The molecule has 1 aromatic carbocycles. The van der Waals surface area contributed by atoms with Gasteiger partial charge in [-0.05, 0) is 23.8 Å². The number of aromatic nitrogens is 1. The number of hydrogen-bond acceptors (Lipinski definition) is 3. The summed E-state index contributed by atoms with van der Waals surface area (Å²) in [6.07, 6.45) is 1.20. The minimum Gasteiger partial charge on any atom is -0.497 e. The maximum absolute atomic E-state index is 13.2. The fraction of sp³-hybridized carbons (Fsp3) is 0.267. The van der Waals surface area contributed by atoms with Gasteiger partial charge in [-0.2, -0.15) is 0 Å². The van der Waals surface area contributed by atoms with Crippen LogP contribution in [0.3, 0.4) is 0 Å². The van der Waals surface area contributed by atoms with Gasteiger partial charge in [0.15, 0.2) is 0 Å². The summed E-state index contributed by atoms with van der Waals surface area (Å²) >= 11 is 5.84. The van der Waals surface area contributed by atoms with Crippen LogP contribution in [-0.4, -0.2) is 19.1 Å². The lowest BCUT2D eigenvalue weighted by Crippen LogP contribution is -2.19. The number of halogens is 2. The highest BCUT2D eigenvalue weighted by Gasteiger charge is 2.10. The molecule has 0 N–H and O–H groups in total. The number of methoxy groups -OCH3 is 1. The lowest BCUT2D eigenvalue weighted by Gasteiger charge is -2.20. The predicted octanol–water partition coefficient (Wildman–Crippen LogP) is 3.60. The van der Waals surface area contributed by atoms with E-state index in [0.29, 0.717) is 17.9 Å². The highest BCUT2D eigenvalue weighted by Crippen LogP contribution is 2.21. The molecule has 0 unspecified atom stereocenters. The van der Waals surface area contributed by atoms with Crippen molar-refractivity contribution in [1.29, 1.82) is 0 Å². The molecule has 1 heterocycles. The second kappa shape index (κ2) is 6.57. The van der Waals surface area contributed by atoms with Crippen molar-refractivity contribution in [2.75, 3.05) is 19.1 Å². The average molecular weight is 295 g/mol. The van der Waals surface area contributed by atoms with Gasteiger partial charge in [-0.25, -0.2) is 9.37 Å². The molecule has 0 aliphatic rings. The largest absolute Gasteiger partial charge is 0.497 e. The lowest BCUT2D eigenvalue weighted by atomic mass is 10.2. The van der Waals surface area contributed by atoms with E-state index in [1.807, 2.05) is 36.2 Å². The van der Waals surface area contributed by atoms with Crippen LogP contribution in [0.25, 0.3) is 0 Å². The van der Waals surface area contributed by atoms with Crippen molar-refractivity contribution in [3.63, 3.8) is 0 Å². The number of benzene rings is 1. The van der Waals surface area contributed by atoms with Gasteiger partial charge in [0.1, 0.15) is 17.4 Å². The van der Waals surface area contributed by atoms with Crippen LogP contribution in [0.1, 0.15) is 11.1 Å². The van der Waals surface area contributed by atoms with Gasteiger partial charge >= 0.3 is 0 Å². The number of ether oxygens (including phenoxy) is 1. The molecule has 0 saturated heterocycles. The minimum atomic E-state index is -0.373. The maximum Gasteiger partial charge on any atom is 0.141 e. The Kier molecular flexibility index (Phi) is 4.79. The molecule has 2 aromatic rings. The van der Waals surface area contributed by atoms with Crippen molar-refractivity contribution in [2.45, 2.75) is 12.4 Å². The fourth-order valence-corrected chi connectivity index (χ4v) is 2.19. The van der Waals surface area contributed by atoms with E-state index in [4.69, 9.17) is 16.3 Å². The van der Waals surface area contributed by atoms with Crippen molar-refractivity contribution in [3.8, 4) is 5.75 Å². The Labute approximate surface area is 123 Å². The van der Waals surface area contributed by atoms with Crippen molar-refractivity contribution < 1.29 is 9.13 Å². The lowest BCUT2D eigenvalue weighted by molar-refractivity contribution is 0.414. The molecule has 0 spiro atoms. The van der Waals surface area contributed by atoms with E-state index in [2.05, 4.69) is 4.98 Å². The zero-order valence-electron chi connectivity index (χ0n) is 11.4. The molecule has 0 fully saturated rings. The zero-order chi connectivity index (χ0) is 14.5. The smallest absolute Gasteiger partial charge is 0.141 e. The number of pyridine rings is 1. The molecule has 0 aliphatic carbocycles. The molecular weight excluding hydrogens is 279 g/mol. The zero-order valence-corrected chi connectivity index (χ0v) is 12.2. The summed E-state index contributed by atoms with van der Waals surface area (Å²) in [5.74, 6) is 1.37. The molecular formula is C15H16ClFN2O. The standard InChI is InChI=1S/C15H16ClFN2O/c1-19(10-11-3-5-14(20-2)6-4-11)15-12(8-16)7-13(17)9-18-15/h3-7,9H,8,10H2,1-2H3. The first-order chi connectivity index (χ1) is 9.63. The molecule has 106 valence electrons. The number of nitrogens with zero attached hydrogens (tertiary/aromatic N) is 2. The van der Waals surface area contributed by atoms with Gasteiger partial charge in [0.05, 0.1) is 19.2 Å². The van der Waals surface area contributed by atoms with Crippen LogP contribution in [0.4, 0.5) is 10.2 Å². The number of anilines is 1. The van der Waals surface area contributed by atoms with E-state index in [-0.39, 0.29) is 11.7 Å². The van der Waals surface area contributed by atoms with Gasteiger partial charge < -0.3 is 9.64 Å². The maximum atomic E-state index is 13.2. The van der Waals surface area contributed by atoms with Crippen LogP contribution in [-0.2, 0) is 12.4 Å². The molecule has 0 amide bonds. The first kappa shape index (κ1) is 14.6. The SMILES string of the molecule is COc1ccc(CN(C)c2ncc(F)cc2CCl)cc1. The van der Waals surface area contributed by atoms with Gasteiger partial charge in [-0.15, -0.1) is 11.6 Å². The third kappa shape index (κ3) is 3.39. The van der Waals surface area contributed by atoms with E-state index in [1.54, 1.807) is 7.11 Å². The summed E-state index contributed by atoms with van der Waals surface area (Å²) < 4.78 is 18.3. The summed E-state index contributed by atoms with van der Waals surface area (Å²) in [5, 5.41) is 0. The van der Waals surface area contributed by atoms with Crippen molar-refractivity contribution in [3.05, 3.63) is 53.5 Å². The third-order valence-corrected chi connectivity index (χ3v) is 3.28. The van der Waals surface area contributed by atoms with Gasteiger partial charge in [-0.3, -0.25) is 0 Å². The Balaban J connectivity index is 2.16. The second-order valence-corrected chi connectivity index (χ2v) is 4.74. The van der Waals surface area contributed by atoms with E-state index >= 15 is 0 Å². The summed E-state index contributed by atoms with van der Waals surface area (Å²) in [4.78, 5) is 6.06. The normalized spacial score (nSPS) is 10.4. The van der Waals surface area contributed by atoms with Crippen LogP contribution >= 0.6 is 11.6 Å². The van der Waals surface area contributed by atoms with Gasteiger partial charge in [-0.1, -0.05) is 12.1 Å². The van der Waals surface area contributed by atoms with Crippen LogP contribution in [0.15, 0.2) is 36.5 Å². The Morgan fingerprint density at radius 2 is 2.00 bits per heavy atom. The average Bonchev–Trinajstić information content (AvgIpc) is 2.47. The molecule has 3 nitrogen and oxygen atoms in total. The van der Waals surface area contributed by atoms with Crippen LogP contribution < -0.4 is 9.64 Å². The molecule has 1 aromatic heterocycles. The molecule has 20 heavy (non-hydrogen) atoms. The Hall–Kier alpha value is -1.81. The molecule has 0 saturated carbocycles. The summed E-state index contributed by atoms with van der Waals surface area (Å²) in [7, 11) is 3.54. The number of rotatable bonds is 5. The molecule has 5 heteroatoms. The summed E-state index contributed by atoms with van der Waals surface area (Å²) in [5.41, 5.74) is 1.79. The predicted molar refractivity (Wildman–Crippen MR) is 78.9 cm³/mol. The van der Waals surface area contributed by atoms with Gasteiger partial charge in [0, 0.05) is 19.2 Å². The molecule has 0 atom stereocenters. The fourth-order valence-electron chi connectivity index (χ4n) is 2.00. The van der Waals surface area contributed by atoms with Crippen molar-refractivity contribution >= 4 is 17.4 Å². The summed E-state index contributed by atoms with van der Waals surface area (Å²) in [6.45, 7) is 0.659. The van der Waals surface area contributed by atoms with E-state index < -0.39 is 0 Å². The highest BCUT2D eigenvalue weighted by molar-refractivity contribution is 6.17. The Morgan fingerprint density at radius 1 is 1.30 bits per heavy atom. The quantitative estimate of drug-likeness (QED) is 0.788. The monoisotopic (exact) mass is 294 g/mol. The third-order valence-electron chi connectivity index (χ3n) is 2.99. The highest BCUT2D eigenvalue weighted by atomic mass is 35.5. The first-order valence-electron chi connectivity index (χ1n) is 6.18. The van der Waals surface area contributed by atoms with Gasteiger partial charge in [0.2, 0.25) is 0 Å². The number of alkyl halides is 1. The molecule has 0 radical (unpaired) electrons. The number of hydrogen-bond donors (Lipinski definition) is 0.